The van der Waals surface area contributed by atoms with E-state index in [1.165, 1.54) is 17.4 Å². The molecule has 4 aromatic carbocycles. The highest BCUT2D eigenvalue weighted by Gasteiger charge is 2.45. The number of anilines is 3. The van der Waals surface area contributed by atoms with E-state index < -0.39 is 41.5 Å². The second-order valence-electron chi connectivity index (χ2n) is 20.6. The topological polar surface area (TPSA) is 215 Å². The van der Waals surface area contributed by atoms with Crippen molar-refractivity contribution in [3.05, 3.63) is 130 Å². The predicted molar refractivity (Wildman–Crippen MR) is 290 cm³/mol. The van der Waals surface area contributed by atoms with Crippen LogP contribution in [0, 0.1) is 18.7 Å². The van der Waals surface area contributed by atoms with E-state index >= 15 is 4.39 Å². The number of ether oxygens (including phenoxy) is 1. The minimum absolute atomic E-state index is 0.00206. The summed E-state index contributed by atoms with van der Waals surface area (Å²) in [5, 5.41) is 16.2. The molecule has 0 spiro atoms. The first-order valence-electron chi connectivity index (χ1n) is 26.5. The number of imide groups is 2. The molecule has 18 nitrogen and oxygen atoms in total. The van der Waals surface area contributed by atoms with E-state index in [0.717, 1.165) is 76.6 Å². The van der Waals surface area contributed by atoms with Crippen molar-refractivity contribution in [2.45, 2.75) is 77.4 Å². The Morgan fingerprint density at radius 3 is 2.33 bits per heavy atom. The summed E-state index contributed by atoms with van der Waals surface area (Å²) in [6.07, 6.45) is 4.29. The summed E-state index contributed by atoms with van der Waals surface area (Å²) < 4.78 is 22.9. The van der Waals surface area contributed by atoms with Gasteiger partial charge in [-0.25, -0.2) is 19.2 Å². The number of likely N-dealkylation sites (tertiary alicyclic amines) is 1. The van der Waals surface area contributed by atoms with Crippen LogP contribution in [0.4, 0.5) is 21.0 Å². The van der Waals surface area contributed by atoms with Crippen LogP contribution in [-0.2, 0) is 27.3 Å². The number of piperazine rings is 1. The van der Waals surface area contributed by atoms with E-state index in [4.69, 9.17) is 9.72 Å². The van der Waals surface area contributed by atoms with Crippen LogP contribution in [0.3, 0.4) is 0 Å². The molecule has 0 aliphatic carbocycles. The number of hydrogen-bond acceptors (Lipinski definition) is 14. The Balaban J connectivity index is 0.647. The summed E-state index contributed by atoms with van der Waals surface area (Å²) >= 11 is 1.42. The average molecular weight is 1080 g/mol. The van der Waals surface area contributed by atoms with E-state index in [9.17, 15) is 38.7 Å². The van der Waals surface area contributed by atoms with Crippen molar-refractivity contribution in [3.8, 4) is 16.9 Å². The number of carbonyl (C=O) groups is 7. The Kier molecular flexibility index (Phi) is 14.5. The van der Waals surface area contributed by atoms with E-state index in [1.54, 1.807) is 21.9 Å². The van der Waals surface area contributed by atoms with Crippen LogP contribution >= 0.6 is 11.3 Å². The van der Waals surface area contributed by atoms with Gasteiger partial charge in [0.15, 0.2) is 10.8 Å². The Morgan fingerprint density at radius 1 is 0.821 bits per heavy atom. The number of halogens is 1. The maximum absolute atomic E-state index is 15.6. The quantitative estimate of drug-likeness (QED) is 0.0720. The van der Waals surface area contributed by atoms with Gasteiger partial charge in [0.1, 0.15) is 23.4 Å². The molecule has 5 aliphatic heterocycles. The second kappa shape index (κ2) is 21.7. The maximum atomic E-state index is 15.6. The van der Waals surface area contributed by atoms with Gasteiger partial charge in [0, 0.05) is 56.8 Å². The number of rotatable bonds is 14. The smallest absolute Gasteiger partial charge is 0.355 e. The number of piperidine rings is 2. The zero-order valence-corrected chi connectivity index (χ0v) is 44.1. The molecule has 6 aromatic rings. The van der Waals surface area contributed by atoms with Crippen molar-refractivity contribution in [3.63, 3.8) is 0 Å². The lowest BCUT2D eigenvalue weighted by atomic mass is 9.91. The third-order valence-electron chi connectivity index (χ3n) is 16.0. The largest absolute Gasteiger partial charge is 0.493 e. The third-order valence-corrected chi connectivity index (χ3v) is 17.0. The van der Waals surface area contributed by atoms with Crippen LogP contribution in [0.1, 0.15) is 104 Å². The molecule has 6 amide bonds. The molecule has 0 bridgehead atoms. The maximum Gasteiger partial charge on any atom is 0.355 e. The molecule has 3 fully saturated rings. The van der Waals surface area contributed by atoms with Gasteiger partial charge in [-0.15, -0.1) is 0 Å². The summed E-state index contributed by atoms with van der Waals surface area (Å²) in [5.41, 5.74) is 5.24. The summed E-state index contributed by atoms with van der Waals surface area (Å²) in [7, 11) is 0. The number of fused-ring (bicyclic) bond motifs is 3. The molecular weight excluding hydrogens is 1020 g/mol. The molecule has 20 heteroatoms. The molecular formula is C58H58FN9O9S. The first-order chi connectivity index (χ1) is 37.7. The van der Waals surface area contributed by atoms with Gasteiger partial charge < -0.3 is 24.5 Å². The minimum Gasteiger partial charge on any atom is -0.493 e. The predicted octanol–water partition coefficient (Wildman–Crippen LogP) is 7.33. The van der Waals surface area contributed by atoms with Crippen LogP contribution < -0.4 is 25.2 Å². The molecule has 2 aromatic heterocycles. The summed E-state index contributed by atoms with van der Waals surface area (Å²) in [6.45, 7) is 8.21. The lowest BCUT2D eigenvalue weighted by Crippen LogP contribution is -2.55. The number of carbonyl (C=O) groups excluding carboxylic acids is 6. The lowest BCUT2D eigenvalue weighted by Gasteiger charge is -2.40. The molecule has 78 heavy (non-hydrogen) atoms. The van der Waals surface area contributed by atoms with Crippen LogP contribution in [0.5, 0.6) is 5.75 Å². The second-order valence-corrected chi connectivity index (χ2v) is 21.6. The minimum atomic E-state index is -1.15. The van der Waals surface area contributed by atoms with Gasteiger partial charge in [-0.3, -0.25) is 49.2 Å². The van der Waals surface area contributed by atoms with Gasteiger partial charge in [-0.2, -0.15) is 0 Å². The standard InChI is InChI=1S/C58H58FN9O9S/c1-33-37(38-15-17-49(61-51(38)57(75)76)67-24-21-36-9-5-11-39(42(36)32-67)52(70)63-58-60-44-12-3-4-14-48(44)78-58)10-6-13-47(33)77-29-7-8-35-19-22-64(23-20-35)34(2)54(72)66-27-25-65(26-28-66)46-31-41-40(30-43(46)59)55(73)68(56(41)74)45-16-18-50(69)62-53(45)71/h3-6,9-15,17,30-31,34-35,45H,7-8,16,18-29,32H2,1-2H3,(H,75,76)(H,60,63,70)(H,62,69,71)/t34-,45?/m0/s1. The number of nitrogens with one attached hydrogen (secondary N) is 2. The number of thiazole rings is 1. The van der Waals surface area contributed by atoms with Crippen LogP contribution in [-0.4, -0.2) is 136 Å². The average Bonchev–Trinajstić information content (AvgIpc) is 4.18. The van der Waals surface area contributed by atoms with Gasteiger partial charge in [0.05, 0.1) is 39.7 Å². The van der Waals surface area contributed by atoms with E-state index in [0.29, 0.717) is 91.6 Å². The van der Waals surface area contributed by atoms with Crippen molar-refractivity contribution in [1.82, 2.24) is 30.0 Å². The van der Waals surface area contributed by atoms with Crippen molar-refractivity contribution < 1.29 is 47.8 Å². The first-order valence-corrected chi connectivity index (χ1v) is 27.3. The Hall–Kier alpha value is -8.10. The molecule has 0 radical (unpaired) electrons. The Morgan fingerprint density at radius 2 is 1.58 bits per heavy atom. The summed E-state index contributed by atoms with van der Waals surface area (Å²) in [4.78, 5) is 109. The number of amides is 6. The Labute approximate surface area is 453 Å². The third kappa shape index (κ3) is 10.2. The molecule has 402 valence electrons. The number of hydrogen-bond donors (Lipinski definition) is 3. The number of aromatic nitrogens is 2. The van der Waals surface area contributed by atoms with Crippen LogP contribution in [0.25, 0.3) is 21.3 Å². The van der Waals surface area contributed by atoms with E-state index in [-0.39, 0.29) is 53.2 Å². The van der Waals surface area contributed by atoms with Crippen molar-refractivity contribution >= 4 is 79.6 Å². The van der Waals surface area contributed by atoms with Crippen molar-refractivity contribution in [2.24, 2.45) is 5.92 Å². The number of carboxylic acids is 1. The molecule has 3 N–H and O–H groups in total. The highest BCUT2D eigenvalue weighted by atomic mass is 32.1. The van der Waals surface area contributed by atoms with Crippen LogP contribution in [0.15, 0.2) is 84.9 Å². The molecule has 3 saturated heterocycles. The van der Waals surface area contributed by atoms with Gasteiger partial charge >= 0.3 is 5.97 Å². The zero-order valence-electron chi connectivity index (χ0n) is 43.3. The fraction of sp³-hybridized carbons (Fsp3) is 0.362. The highest BCUT2D eigenvalue weighted by Crippen LogP contribution is 2.37. The molecule has 5 aliphatic rings. The Bertz CT molecular complexity index is 3390. The molecule has 2 atom stereocenters. The zero-order chi connectivity index (χ0) is 54.4. The van der Waals surface area contributed by atoms with Gasteiger partial charge in [-0.1, -0.05) is 47.7 Å². The number of para-hydroxylation sites is 1. The van der Waals surface area contributed by atoms with Gasteiger partial charge in [-0.05, 0) is 142 Å². The number of nitrogens with zero attached hydrogens (tertiary/aromatic N) is 7. The summed E-state index contributed by atoms with van der Waals surface area (Å²) in [6, 6.07) is 23.6. The van der Waals surface area contributed by atoms with E-state index in [1.807, 2.05) is 79.4 Å². The SMILES string of the molecule is Cc1c(OCCCC2CCN([C@@H](C)C(=O)N3CCN(c4cc5c(cc4F)C(=O)N(C4CCC(=O)NC4=O)C5=O)CC3)CC2)cccc1-c1ccc(N2CCc3cccc(C(=O)Nc4nc5ccccc5s4)c3C2)nc1C(=O)O. The van der Waals surface area contributed by atoms with E-state index in [2.05, 4.69) is 20.5 Å². The number of pyridine rings is 1. The first kappa shape index (κ1) is 52.0. The van der Waals surface area contributed by atoms with Crippen LogP contribution in [0.2, 0.25) is 0 Å². The highest BCUT2D eigenvalue weighted by molar-refractivity contribution is 7.22. The van der Waals surface area contributed by atoms with Crippen molar-refractivity contribution in [2.75, 3.05) is 67.5 Å². The van der Waals surface area contributed by atoms with Gasteiger partial charge in [0.25, 0.3) is 17.7 Å². The van der Waals surface area contributed by atoms with Gasteiger partial charge in [0.2, 0.25) is 17.7 Å². The number of aromatic carboxylic acids is 1. The summed E-state index contributed by atoms with van der Waals surface area (Å²) in [5.74, 6) is -3.13. The fourth-order valence-electron chi connectivity index (χ4n) is 11.6. The lowest BCUT2D eigenvalue weighted by molar-refractivity contribution is -0.138. The number of carboxylic acid groups (broad SMARTS) is 1. The fourth-order valence-corrected chi connectivity index (χ4v) is 12.5. The monoisotopic (exact) mass is 1080 g/mol. The molecule has 7 heterocycles. The normalized spacial score (nSPS) is 18.5. The molecule has 11 rings (SSSR count). The van der Waals surface area contributed by atoms with Crippen molar-refractivity contribution in [1.29, 1.82) is 0 Å². The number of benzene rings is 4. The molecule has 1 unspecified atom stereocenters. The molecule has 0 saturated carbocycles.